The Labute approximate surface area is 111 Å². The predicted octanol–water partition coefficient (Wildman–Crippen LogP) is 1.58. The number of carbonyl (C=O) groups excluding carboxylic acids is 1. The molecule has 2 aromatic rings. The molecule has 0 aromatic carbocycles. The Morgan fingerprint density at radius 3 is 2.95 bits per heavy atom. The van der Waals surface area contributed by atoms with E-state index in [9.17, 15) is 4.79 Å². The summed E-state index contributed by atoms with van der Waals surface area (Å²) in [5.41, 5.74) is 1.79. The van der Waals surface area contributed by atoms with Crippen LogP contribution in [0.4, 0.5) is 0 Å². The summed E-state index contributed by atoms with van der Waals surface area (Å²) in [6.07, 6.45) is 4.89. The number of rotatable bonds is 6. The molecule has 0 unspecified atom stereocenters. The van der Waals surface area contributed by atoms with Crippen LogP contribution in [0.5, 0.6) is 0 Å². The minimum absolute atomic E-state index is 0.0344. The Kier molecular flexibility index (Phi) is 4.33. The third kappa shape index (κ3) is 3.67. The van der Waals surface area contributed by atoms with Crippen LogP contribution in [-0.4, -0.2) is 20.8 Å². The molecule has 0 aliphatic heterocycles. The van der Waals surface area contributed by atoms with Gasteiger partial charge in [-0.1, -0.05) is 5.16 Å². The van der Waals surface area contributed by atoms with Gasteiger partial charge >= 0.3 is 0 Å². The standard InChI is InChI=1S/C13H18N4O2/c1-10-12(11(2)19-16-10)9-14-13(18)5-3-7-17-8-4-6-15-17/h4,6,8H,3,5,7,9H2,1-2H3,(H,14,18). The minimum Gasteiger partial charge on any atom is -0.361 e. The van der Waals surface area contributed by atoms with Crippen molar-refractivity contribution in [2.75, 3.05) is 0 Å². The quantitative estimate of drug-likeness (QED) is 0.858. The highest BCUT2D eigenvalue weighted by molar-refractivity contribution is 5.75. The number of nitrogens with one attached hydrogen (secondary N) is 1. The Balaban J connectivity index is 1.70. The van der Waals surface area contributed by atoms with Gasteiger partial charge in [-0.3, -0.25) is 9.48 Å². The van der Waals surface area contributed by atoms with Gasteiger partial charge in [0.25, 0.3) is 0 Å². The van der Waals surface area contributed by atoms with E-state index in [1.165, 1.54) is 0 Å². The van der Waals surface area contributed by atoms with Crippen molar-refractivity contribution in [3.63, 3.8) is 0 Å². The molecule has 0 aliphatic rings. The van der Waals surface area contributed by atoms with Crippen molar-refractivity contribution in [3.8, 4) is 0 Å². The molecule has 0 atom stereocenters. The van der Waals surface area contributed by atoms with Crippen molar-refractivity contribution in [3.05, 3.63) is 35.5 Å². The average molecular weight is 262 g/mol. The molecule has 0 fully saturated rings. The SMILES string of the molecule is Cc1noc(C)c1CNC(=O)CCCn1cccn1. The Hall–Kier alpha value is -2.11. The van der Waals surface area contributed by atoms with Crippen LogP contribution >= 0.6 is 0 Å². The summed E-state index contributed by atoms with van der Waals surface area (Å²) >= 11 is 0. The fraction of sp³-hybridized carbons (Fsp3) is 0.462. The van der Waals surface area contributed by atoms with E-state index >= 15 is 0 Å². The second-order valence-corrected chi connectivity index (χ2v) is 4.45. The molecule has 0 saturated heterocycles. The lowest BCUT2D eigenvalue weighted by Gasteiger charge is -2.05. The zero-order chi connectivity index (χ0) is 13.7. The Bertz CT molecular complexity index is 511. The maximum atomic E-state index is 11.7. The van der Waals surface area contributed by atoms with E-state index in [4.69, 9.17) is 4.52 Å². The van der Waals surface area contributed by atoms with Gasteiger partial charge in [0.15, 0.2) is 0 Å². The van der Waals surface area contributed by atoms with E-state index < -0.39 is 0 Å². The summed E-state index contributed by atoms with van der Waals surface area (Å²) < 4.78 is 6.87. The molecule has 0 radical (unpaired) electrons. The highest BCUT2D eigenvalue weighted by atomic mass is 16.5. The first kappa shape index (κ1) is 13.3. The molecule has 0 bridgehead atoms. The fourth-order valence-electron chi connectivity index (χ4n) is 1.86. The molecule has 6 heteroatoms. The van der Waals surface area contributed by atoms with Crippen molar-refractivity contribution in [1.82, 2.24) is 20.3 Å². The van der Waals surface area contributed by atoms with Gasteiger partial charge in [-0.2, -0.15) is 5.10 Å². The van der Waals surface area contributed by atoms with Crippen LogP contribution in [0.15, 0.2) is 23.0 Å². The number of aryl methyl sites for hydroxylation is 3. The van der Waals surface area contributed by atoms with Crippen molar-refractivity contribution in [2.24, 2.45) is 0 Å². The summed E-state index contributed by atoms with van der Waals surface area (Å²) in [5, 5.41) is 10.8. The first-order chi connectivity index (χ1) is 9.16. The first-order valence-corrected chi connectivity index (χ1v) is 6.32. The normalized spacial score (nSPS) is 10.6. The minimum atomic E-state index is 0.0344. The van der Waals surface area contributed by atoms with E-state index in [-0.39, 0.29) is 5.91 Å². The van der Waals surface area contributed by atoms with Crippen LogP contribution in [0.2, 0.25) is 0 Å². The Morgan fingerprint density at radius 2 is 2.32 bits per heavy atom. The topological polar surface area (TPSA) is 73.0 Å². The average Bonchev–Trinajstić information content (AvgIpc) is 2.99. The molecule has 1 amide bonds. The van der Waals surface area contributed by atoms with Gasteiger partial charge in [0, 0.05) is 37.5 Å². The van der Waals surface area contributed by atoms with E-state index in [2.05, 4.69) is 15.6 Å². The van der Waals surface area contributed by atoms with Gasteiger partial charge in [-0.15, -0.1) is 0 Å². The van der Waals surface area contributed by atoms with Crippen molar-refractivity contribution < 1.29 is 9.32 Å². The van der Waals surface area contributed by atoms with Crippen molar-refractivity contribution >= 4 is 5.91 Å². The van der Waals surface area contributed by atoms with E-state index in [1.54, 1.807) is 6.20 Å². The maximum absolute atomic E-state index is 11.7. The van der Waals surface area contributed by atoms with Crippen molar-refractivity contribution in [1.29, 1.82) is 0 Å². The summed E-state index contributed by atoms with van der Waals surface area (Å²) in [6, 6.07) is 1.87. The second kappa shape index (κ2) is 6.17. The van der Waals surface area contributed by atoms with E-state index in [0.29, 0.717) is 13.0 Å². The number of aromatic nitrogens is 3. The molecular formula is C13H18N4O2. The van der Waals surface area contributed by atoms with Crippen LogP contribution in [-0.2, 0) is 17.9 Å². The molecule has 2 rings (SSSR count). The number of amides is 1. The number of hydrogen-bond acceptors (Lipinski definition) is 4. The molecule has 0 spiro atoms. The molecule has 0 saturated carbocycles. The molecule has 6 nitrogen and oxygen atoms in total. The van der Waals surface area contributed by atoms with Gasteiger partial charge in [-0.25, -0.2) is 0 Å². The van der Waals surface area contributed by atoms with Crippen LogP contribution in [0.3, 0.4) is 0 Å². The molecule has 0 aliphatic carbocycles. The zero-order valence-electron chi connectivity index (χ0n) is 11.2. The summed E-state index contributed by atoms with van der Waals surface area (Å²) in [5.74, 6) is 0.793. The summed E-state index contributed by atoms with van der Waals surface area (Å²) in [6.45, 7) is 4.95. The molecule has 102 valence electrons. The second-order valence-electron chi connectivity index (χ2n) is 4.45. The highest BCUT2D eigenvalue weighted by Gasteiger charge is 2.10. The van der Waals surface area contributed by atoms with Gasteiger partial charge in [0.2, 0.25) is 5.91 Å². The molecule has 2 heterocycles. The highest BCUT2D eigenvalue weighted by Crippen LogP contribution is 2.11. The fourth-order valence-corrected chi connectivity index (χ4v) is 1.86. The third-order valence-electron chi connectivity index (χ3n) is 2.99. The molecular weight excluding hydrogens is 244 g/mol. The monoisotopic (exact) mass is 262 g/mol. The lowest BCUT2D eigenvalue weighted by atomic mass is 10.2. The smallest absolute Gasteiger partial charge is 0.220 e. The number of nitrogens with zero attached hydrogens (tertiary/aromatic N) is 3. The van der Waals surface area contributed by atoms with Gasteiger partial charge in [0.1, 0.15) is 5.76 Å². The molecule has 2 aromatic heterocycles. The third-order valence-corrected chi connectivity index (χ3v) is 2.99. The van der Waals surface area contributed by atoms with E-state index in [0.717, 1.165) is 30.0 Å². The summed E-state index contributed by atoms with van der Waals surface area (Å²) in [7, 11) is 0. The van der Waals surface area contributed by atoms with Gasteiger partial charge in [-0.05, 0) is 26.3 Å². The first-order valence-electron chi connectivity index (χ1n) is 6.32. The van der Waals surface area contributed by atoms with E-state index in [1.807, 2.05) is 30.8 Å². The van der Waals surface area contributed by atoms with Crippen LogP contribution in [0.25, 0.3) is 0 Å². The zero-order valence-corrected chi connectivity index (χ0v) is 11.2. The van der Waals surface area contributed by atoms with Crippen LogP contribution in [0, 0.1) is 13.8 Å². The van der Waals surface area contributed by atoms with Gasteiger partial charge < -0.3 is 9.84 Å². The summed E-state index contributed by atoms with van der Waals surface area (Å²) in [4.78, 5) is 11.7. The van der Waals surface area contributed by atoms with Gasteiger partial charge in [0.05, 0.1) is 5.69 Å². The number of hydrogen-bond donors (Lipinski definition) is 1. The Morgan fingerprint density at radius 1 is 1.47 bits per heavy atom. The largest absolute Gasteiger partial charge is 0.361 e. The molecule has 1 N–H and O–H groups in total. The van der Waals surface area contributed by atoms with Crippen LogP contribution < -0.4 is 5.32 Å². The van der Waals surface area contributed by atoms with Crippen LogP contribution in [0.1, 0.15) is 29.9 Å². The lowest BCUT2D eigenvalue weighted by molar-refractivity contribution is -0.121. The lowest BCUT2D eigenvalue weighted by Crippen LogP contribution is -2.23. The number of carbonyl (C=O) groups is 1. The predicted molar refractivity (Wildman–Crippen MR) is 69.3 cm³/mol. The maximum Gasteiger partial charge on any atom is 0.220 e. The molecule has 19 heavy (non-hydrogen) atoms. The van der Waals surface area contributed by atoms with Crippen molar-refractivity contribution in [2.45, 2.75) is 39.8 Å².